The van der Waals surface area contributed by atoms with Crippen LogP contribution in [0.5, 0.6) is 0 Å². The van der Waals surface area contributed by atoms with Crippen LogP contribution in [0.1, 0.15) is 31.2 Å². The van der Waals surface area contributed by atoms with Crippen LogP contribution in [-0.4, -0.2) is 42.7 Å². The Labute approximate surface area is 191 Å². The first-order chi connectivity index (χ1) is 14.8. The minimum absolute atomic E-state index is 0.0226. The third kappa shape index (κ3) is 4.90. The number of sulfonamides is 1. The fourth-order valence-electron chi connectivity index (χ4n) is 3.97. The van der Waals surface area contributed by atoms with E-state index in [-0.39, 0.29) is 53.2 Å². The minimum atomic E-state index is -3.80. The highest BCUT2D eigenvalue weighted by Gasteiger charge is 2.39. The van der Waals surface area contributed by atoms with Gasteiger partial charge >= 0.3 is 0 Å². The predicted octanol–water partition coefficient (Wildman–Crippen LogP) is 4.72. The molecule has 1 heterocycles. The number of amides is 1. The molecular formula is C22H23Cl2FN2O3S. The lowest BCUT2D eigenvalue weighted by molar-refractivity contribution is -0.138. The zero-order valence-electron chi connectivity index (χ0n) is 16.8. The van der Waals surface area contributed by atoms with Crippen molar-refractivity contribution in [2.75, 3.05) is 13.1 Å². The van der Waals surface area contributed by atoms with Crippen molar-refractivity contribution in [2.45, 2.75) is 43.2 Å². The first kappa shape index (κ1) is 22.5. The zero-order chi connectivity index (χ0) is 22.2. The third-order valence-electron chi connectivity index (χ3n) is 5.88. The Morgan fingerprint density at radius 2 is 1.74 bits per heavy atom. The molecule has 1 saturated heterocycles. The van der Waals surface area contributed by atoms with E-state index in [0.29, 0.717) is 23.4 Å². The molecule has 0 radical (unpaired) electrons. The van der Waals surface area contributed by atoms with E-state index in [2.05, 4.69) is 0 Å². The van der Waals surface area contributed by atoms with E-state index in [0.717, 1.165) is 12.8 Å². The summed E-state index contributed by atoms with van der Waals surface area (Å²) in [6.07, 6.45) is 2.66. The number of benzene rings is 2. The van der Waals surface area contributed by atoms with Crippen LogP contribution in [0.25, 0.3) is 0 Å². The van der Waals surface area contributed by atoms with Gasteiger partial charge in [-0.3, -0.25) is 4.79 Å². The van der Waals surface area contributed by atoms with E-state index in [1.165, 1.54) is 28.6 Å². The Morgan fingerprint density at radius 3 is 2.39 bits per heavy atom. The number of rotatable bonds is 6. The van der Waals surface area contributed by atoms with Crippen molar-refractivity contribution in [2.24, 2.45) is 5.92 Å². The van der Waals surface area contributed by atoms with Gasteiger partial charge in [-0.2, -0.15) is 4.31 Å². The van der Waals surface area contributed by atoms with E-state index in [9.17, 15) is 17.6 Å². The summed E-state index contributed by atoms with van der Waals surface area (Å²) >= 11 is 12.1. The standard InChI is InChI=1S/C22H23Cl2FN2O3S/c23-17-5-8-19(24)21(13-17)31(29,30)26-11-9-15(10-12-26)22(28)27(18-6-7-18)14-16-3-1-2-4-20(16)25/h1-5,8,13,15,18H,6-7,9-12,14H2. The normalized spacial score (nSPS) is 18.2. The van der Waals surface area contributed by atoms with E-state index >= 15 is 0 Å². The molecule has 0 atom stereocenters. The molecule has 166 valence electrons. The highest BCUT2D eigenvalue weighted by Crippen LogP contribution is 2.34. The van der Waals surface area contributed by atoms with Gasteiger partial charge in [0.1, 0.15) is 10.7 Å². The highest BCUT2D eigenvalue weighted by atomic mass is 35.5. The largest absolute Gasteiger partial charge is 0.335 e. The quantitative estimate of drug-likeness (QED) is 0.595. The molecule has 5 nitrogen and oxygen atoms in total. The van der Waals surface area contributed by atoms with E-state index in [1.54, 1.807) is 23.1 Å². The SMILES string of the molecule is O=C(C1CCN(S(=O)(=O)c2cc(Cl)ccc2Cl)CC1)N(Cc1ccccc1F)C1CC1. The van der Waals surface area contributed by atoms with Crippen LogP contribution in [0, 0.1) is 11.7 Å². The second-order valence-corrected chi connectivity index (χ2v) is 10.8. The van der Waals surface area contributed by atoms with Crippen LogP contribution in [0.3, 0.4) is 0 Å². The van der Waals surface area contributed by atoms with Gasteiger partial charge in [0, 0.05) is 42.2 Å². The van der Waals surface area contributed by atoms with Gasteiger partial charge in [-0.25, -0.2) is 12.8 Å². The molecule has 1 aliphatic carbocycles. The second-order valence-electron chi connectivity index (χ2n) is 8.04. The fourth-order valence-corrected chi connectivity index (χ4v) is 6.18. The van der Waals surface area contributed by atoms with Crippen molar-refractivity contribution in [1.29, 1.82) is 0 Å². The summed E-state index contributed by atoms with van der Waals surface area (Å²) in [7, 11) is -3.80. The Bertz CT molecular complexity index is 1080. The number of carbonyl (C=O) groups excluding carboxylic acids is 1. The Hall–Kier alpha value is -1.67. The lowest BCUT2D eigenvalue weighted by atomic mass is 9.96. The maximum absolute atomic E-state index is 14.1. The second kappa shape index (κ2) is 9.06. The summed E-state index contributed by atoms with van der Waals surface area (Å²) in [5.41, 5.74) is 0.498. The molecule has 1 amide bonds. The number of hydrogen-bond acceptors (Lipinski definition) is 3. The average molecular weight is 485 g/mol. The lowest BCUT2D eigenvalue weighted by Gasteiger charge is -2.34. The van der Waals surface area contributed by atoms with Crippen LogP contribution >= 0.6 is 23.2 Å². The maximum Gasteiger partial charge on any atom is 0.244 e. The molecule has 0 aromatic heterocycles. The van der Waals surface area contributed by atoms with Crippen molar-refractivity contribution in [1.82, 2.24) is 9.21 Å². The van der Waals surface area contributed by atoms with Crippen molar-refractivity contribution >= 4 is 39.1 Å². The summed E-state index contributed by atoms with van der Waals surface area (Å²) < 4.78 is 41.5. The van der Waals surface area contributed by atoms with Gasteiger partial charge in [0.25, 0.3) is 0 Å². The van der Waals surface area contributed by atoms with Crippen LogP contribution in [-0.2, 0) is 21.4 Å². The number of halogens is 3. The molecule has 0 spiro atoms. The van der Waals surface area contributed by atoms with Gasteiger partial charge in [0.2, 0.25) is 15.9 Å². The van der Waals surface area contributed by atoms with Gasteiger partial charge in [-0.15, -0.1) is 0 Å². The molecule has 0 bridgehead atoms. The molecule has 9 heteroatoms. The average Bonchev–Trinajstić information content (AvgIpc) is 3.59. The molecule has 4 rings (SSSR count). The van der Waals surface area contributed by atoms with E-state index in [4.69, 9.17) is 23.2 Å². The number of carbonyl (C=O) groups is 1. The number of piperidine rings is 1. The van der Waals surface area contributed by atoms with E-state index in [1.807, 2.05) is 0 Å². The van der Waals surface area contributed by atoms with Crippen LogP contribution in [0.2, 0.25) is 10.0 Å². The summed E-state index contributed by atoms with van der Waals surface area (Å²) in [5.74, 6) is -0.627. The zero-order valence-corrected chi connectivity index (χ0v) is 19.1. The fraction of sp³-hybridized carbons (Fsp3) is 0.409. The minimum Gasteiger partial charge on any atom is -0.335 e. The van der Waals surface area contributed by atoms with Crippen molar-refractivity contribution in [3.63, 3.8) is 0 Å². The van der Waals surface area contributed by atoms with Gasteiger partial charge in [0.05, 0.1) is 5.02 Å². The van der Waals surface area contributed by atoms with Crippen molar-refractivity contribution < 1.29 is 17.6 Å². The highest BCUT2D eigenvalue weighted by molar-refractivity contribution is 7.89. The molecule has 2 aromatic carbocycles. The third-order valence-corrected chi connectivity index (χ3v) is 8.50. The van der Waals surface area contributed by atoms with Crippen molar-refractivity contribution in [3.05, 3.63) is 63.9 Å². The maximum atomic E-state index is 14.1. The van der Waals surface area contributed by atoms with Gasteiger partial charge in [-0.05, 0) is 49.9 Å². The first-order valence-electron chi connectivity index (χ1n) is 10.3. The Balaban J connectivity index is 1.44. The van der Waals surface area contributed by atoms with Crippen LogP contribution in [0.4, 0.5) is 4.39 Å². The van der Waals surface area contributed by atoms with Crippen LogP contribution in [0.15, 0.2) is 47.4 Å². The molecule has 2 aliphatic rings. The molecule has 31 heavy (non-hydrogen) atoms. The summed E-state index contributed by atoms with van der Waals surface area (Å²) in [6.45, 7) is 0.687. The number of hydrogen-bond donors (Lipinski definition) is 0. The summed E-state index contributed by atoms with van der Waals surface area (Å²) in [6, 6.07) is 11.0. The summed E-state index contributed by atoms with van der Waals surface area (Å²) in [5, 5.41) is 0.411. The molecule has 2 fully saturated rings. The summed E-state index contributed by atoms with van der Waals surface area (Å²) in [4.78, 5) is 15.0. The lowest BCUT2D eigenvalue weighted by Crippen LogP contribution is -2.45. The molecule has 1 saturated carbocycles. The monoisotopic (exact) mass is 484 g/mol. The predicted molar refractivity (Wildman–Crippen MR) is 118 cm³/mol. The number of nitrogens with zero attached hydrogens (tertiary/aromatic N) is 2. The van der Waals surface area contributed by atoms with E-state index < -0.39 is 10.0 Å². The first-order valence-corrected chi connectivity index (χ1v) is 12.5. The molecule has 0 N–H and O–H groups in total. The van der Waals surface area contributed by atoms with Gasteiger partial charge < -0.3 is 4.90 Å². The smallest absolute Gasteiger partial charge is 0.244 e. The molecule has 2 aromatic rings. The molecule has 1 aliphatic heterocycles. The Morgan fingerprint density at radius 1 is 1.06 bits per heavy atom. The van der Waals surface area contributed by atoms with Crippen molar-refractivity contribution in [3.8, 4) is 0 Å². The van der Waals surface area contributed by atoms with Gasteiger partial charge in [0.15, 0.2) is 0 Å². The van der Waals surface area contributed by atoms with Crippen LogP contribution < -0.4 is 0 Å². The topological polar surface area (TPSA) is 57.7 Å². The molecule has 0 unspecified atom stereocenters. The Kier molecular flexibility index (Phi) is 6.58. The van der Waals surface area contributed by atoms with Gasteiger partial charge in [-0.1, -0.05) is 41.4 Å². The molecular weight excluding hydrogens is 462 g/mol.